The van der Waals surface area contributed by atoms with Gasteiger partial charge in [0, 0.05) is 11.6 Å². The Balaban J connectivity index is 1.69. The van der Waals surface area contributed by atoms with Crippen molar-refractivity contribution >= 4 is 45.5 Å². The van der Waals surface area contributed by atoms with Crippen LogP contribution in [0.3, 0.4) is 0 Å². The van der Waals surface area contributed by atoms with Crippen molar-refractivity contribution in [3.8, 4) is 0 Å². The number of carbonyl (C=O) groups excluding carboxylic acids is 1. The van der Waals surface area contributed by atoms with Crippen molar-refractivity contribution in [1.82, 2.24) is 15.1 Å². The Morgan fingerprint density at radius 2 is 2.00 bits per heavy atom. The summed E-state index contributed by atoms with van der Waals surface area (Å²) in [6.07, 6.45) is 1.91. The van der Waals surface area contributed by atoms with Gasteiger partial charge in [0.05, 0.1) is 0 Å². The minimum Gasteiger partial charge on any atom is -0.480 e. The minimum atomic E-state index is -1.13. The number of halogens is 2. The number of anilines is 2. The van der Waals surface area contributed by atoms with Crippen LogP contribution in [0.5, 0.6) is 0 Å². The van der Waals surface area contributed by atoms with Gasteiger partial charge in [-0.3, -0.25) is 4.79 Å². The summed E-state index contributed by atoms with van der Waals surface area (Å²) in [7, 11) is 0. The van der Waals surface area contributed by atoms with Crippen molar-refractivity contribution in [2.75, 3.05) is 4.90 Å². The Hall–Kier alpha value is -2.85. The third-order valence-electron chi connectivity index (χ3n) is 4.41. The van der Waals surface area contributed by atoms with Gasteiger partial charge in [0.15, 0.2) is 16.1 Å². The Labute approximate surface area is 172 Å². The standard InChI is InChI=1S/C18H14ClFN4O4S/c1-8(17(26)27)24(11-6-4-10(20)5-7-11)18-21-14(19)13(29-18)12(25)16-22-15(23-28-16)9-2-3-9/h4-9H,2-3H2,1H3,(H,26,27). The van der Waals surface area contributed by atoms with Gasteiger partial charge in [0.25, 0.3) is 11.7 Å². The van der Waals surface area contributed by atoms with E-state index in [2.05, 4.69) is 15.1 Å². The van der Waals surface area contributed by atoms with Crippen LogP contribution in [0.2, 0.25) is 5.15 Å². The van der Waals surface area contributed by atoms with Crippen LogP contribution in [0.4, 0.5) is 15.2 Å². The van der Waals surface area contributed by atoms with Crippen LogP contribution in [-0.2, 0) is 4.79 Å². The second-order valence-electron chi connectivity index (χ2n) is 6.54. The van der Waals surface area contributed by atoms with Gasteiger partial charge in [-0.1, -0.05) is 28.1 Å². The molecule has 0 radical (unpaired) electrons. The molecule has 0 saturated heterocycles. The number of hydrogen-bond acceptors (Lipinski definition) is 8. The van der Waals surface area contributed by atoms with Gasteiger partial charge >= 0.3 is 5.97 Å². The molecule has 0 amide bonds. The summed E-state index contributed by atoms with van der Waals surface area (Å²) in [5, 5.41) is 13.4. The summed E-state index contributed by atoms with van der Waals surface area (Å²) < 4.78 is 18.4. The first-order valence-electron chi connectivity index (χ1n) is 8.67. The fourth-order valence-electron chi connectivity index (χ4n) is 2.68. The van der Waals surface area contributed by atoms with Crippen LogP contribution in [-0.4, -0.2) is 38.0 Å². The van der Waals surface area contributed by atoms with Crippen LogP contribution in [0, 0.1) is 5.82 Å². The fraction of sp³-hybridized carbons (Fsp3) is 0.278. The molecule has 1 aromatic carbocycles. The molecule has 0 bridgehead atoms. The van der Waals surface area contributed by atoms with E-state index in [0.29, 0.717) is 11.5 Å². The molecule has 0 spiro atoms. The minimum absolute atomic E-state index is 0.0531. The predicted molar refractivity (Wildman–Crippen MR) is 102 cm³/mol. The number of carboxylic acids is 1. The third kappa shape index (κ3) is 3.85. The maximum absolute atomic E-state index is 13.3. The molecule has 150 valence electrons. The van der Waals surface area contributed by atoms with Crippen molar-refractivity contribution < 1.29 is 23.6 Å². The van der Waals surface area contributed by atoms with Crippen LogP contribution >= 0.6 is 22.9 Å². The van der Waals surface area contributed by atoms with E-state index in [-0.39, 0.29) is 27.0 Å². The number of benzene rings is 1. The van der Waals surface area contributed by atoms with Gasteiger partial charge in [-0.2, -0.15) is 4.98 Å². The van der Waals surface area contributed by atoms with E-state index in [9.17, 15) is 19.1 Å². The van der Waals surface area contributed by atoms with E-state index < -0.39 is 23.6 Å². The van der Waals surface area contributed by atoms with E-state index in [1.807, 2.05) is 0 Å². The smallest absolute Gasteiger partial charge is 0.326 e. The van der Waals surface area contributed by atoms with Gasteiger partial charge in [0.1, 0.15) is 16.7 Å². The Morgan fingerprint density at radius 3 is 2.62 bits per heavy atom. The highest BCUT2D eigenvalue weighted by Gasteiger charge is 2.33. The van der Waals surface area contributed by atoms with Gasteiger partial charge in [-0.25, -0.2) is 14.2 Å². The number of thiazole rings is 1. The average molecular weight is 437 g/mol. The molecular weight excluding hydrogens is 423 g/mol. The molecule has 1 saturated carbocycles. The maximum atomic E-state index is 13.3. The lowest BCUT2D eigenvalue weighted by Crippen LogP contribution is -2.35. The highest BCUT2D eigenvalue weighted by atomic mass is 35.5. The van der Waals surface area contributed by atoms with Gasteiger partial charge < -0.3 is 14.5 Å². The molecule has 3 aromatic rings. The third-order valence-corrected chi connectivity index (χ3v) is 5.85. The molecule has 29 heavy (non-hydrogen) atoms. The molecule has 8 nitrogen and oxygen atoms in total. The first-order chi connectivity index (χ1) is 13.8. The first-order valence-corrected chi connectivity index (χ1v) is 9.87. The van der Waals surface area contributed by atoms with Crippen LogP contribution in [0.15, 0.2) is 28.8 Å². The fourth-order valence-corrected chi connectivity index (χ4v) is 4.00. The zero-order chi connectivity index (χ0) is 20.7. The van der Waals surface area contributed by atoms with Gasteiger partial charge in [-0.05, 0) is 44.0 Å². The number of ketones is 1. The Morgan fingerprint density at radius 1 is 1.31 bits per heavy atom. The molecule has 1 fully saturated rings. The molecule has 4 rings (SSSR count). The van der Waals surface area contributed by atoms with E-state index in [0.717, 1.165) is 24.2 Å². The molecule has 1 atom stereocenters. The highest BCUT2D eigenvalue weighted by molar-refractivity contribution is 7.18. The highest BCUT2D eigenvalue weighted by Crippen LogP contribution is 2.39. The SMILES string of the molecule is CC(C(=O)O)N(c1ccc(F)cc1)c1nc(Cl)c(C(=O)c2nc(C3CC3)no2)s1. The summed E-state index contributed by atoms with van der Waals surface area (Å²) >= 11 is 7.06. The summed E-state index contributed by atoms with van der Waals surface area (Å²) in [6, 6.07) is 4.21. The van der Waals surface area contributed by atoms with E-state index in [1.165, 1.54) is 36.1 Å². The van der Waals surface area contributed by atoms with Crippen LogP contribution < -0.4 is 4.90 Å². The van der Waals surface area contributed by atoms with Crippen molar-refractivity contribution in [3.63, 3.8) is 0 Å². The molecule has 1 N–H and O–H groups in total. The molecule has 0 aliphatic heterocycles. The lowest BCUT2D eigenvalue weighted by Gasteiger charge is -2.25. The number of nitrogens with zero attached hydrogens (tertiary/aromatic N) is 4. The number of rotatable bonds is 7. The number of carboxylic acid groups (broad SMARTS) is 1. The summed E-state index contributed by atoms with van der Waals surface area (Å²) in [6.45, 7) is 1.45. The van der Waals surface area contributed by atoms with E-state index >= 15 is 0 Å². The van der Waals surface area contributed by atoms with Crippen molar-refractivity contribution in [3.05, 3.63) is 51.8 Å². The topological polar surface area (TPSA) is 109 Å². The number of carbonyl (C=O) groups is 2. The normalized spacial score (nSPS) is 14.6. The number of aliphatic carboxylic acids is 1. The van der Waals surface area contributed by atoms with E-state index in [4.69, 9.17) is 16.1 Å². The van der Waals surface area contributed by atoms with E-state index in [1.54, 1.807) is 0 Å². The number of hydrogen-bond donors (Lipinski definition) is 1. The second-order valence-corrected chi connectivity index (χ2v) is 7.87. The Kier molecular flexibility index (Phi) is 5.05. The zero-order valence-corrected chi connectivity index (χ0v) is 16.6. The Bertz CT molecular complexity index is 1080. The quantitative estimate of drug-likeness (QED) is 0.552. The van der Waals surface area contributed by atoms with Crippen molar-refractivity contribution in [2.24, 2.45) is 0 Å². The monoisotopic (exact) mass is 436 g/mol. The number of aromatic nitrogens is 3. The van der Waals surface area contributed by atoms with Crippen LogP contribution in [0.25, 0.3) is 0 Å². The van der Waals surface area contributed by atoms with Crippen molar-refractivity contribution in [2.45, 2.75) is 31.7 Å². The zero-order valence-electron chi connectivity index (χ0n) is 15.0. The van der Waals surface area contributed by atoms with Crippen molar-refractivity contribution in [1.29, 1.82) is 0 Å². The molecule has 11 heteroatoms. The van der Waals surface area contributed by atoms with Gasteiger partial charge in [0.2, 0.25) is 0 Å². The predicted octanol–water partition coefficient (Wildman–Crippen LogP) is 4.04. The van der Waals surface area contributed by atoms with Gasteiger partial charge in [-0.15, -0.1) is 0 Å². The summed E-state index contributed by atoms with van der Waals surface area (Å²) in [5.74, 6) is -1.66. The summed E-state index contributed by atoms with van der Waals surface area (Å²) in [5.41, 5.74) is 0.388. The first kappa shape index (κ1) is 19.5. The lowest BCUT2D eigenvalue weighted by atomic mass is 10.2. The molecule has 1 aliphatic rings. The molecular formula is C18H14ClFN4O4S. The second kappa shape index (κ2) is 7.53. The molecule has 2 aromatic heterocycles. The largest absolute Gasteiger partial charge is 0.480 e. The maximum Gasteiger partial charge on any atom is 0.326 e. The molecule has 1 aliphatic carbocycles. The summed E-state index contributed by atoms with van der Waals surface area (Å²) in [4.78, 5) is 34.0. The molecule has 2 heterocycles. The lowest BCUT2D eigenvalue weighted by molar-refractivity contribution is -0.138. The molecule has 1 unspecified atom stereocenters. The van der Waals surface area contributed by atoms with Crippen LogP contribution in [0.1, 0.15) is 47.1 Å². The average Bonchev–Trinajstić information content (AvgIpc) is 3.30.